The van der Waals surface area contributed by atoms with Crippen LogP contribution in [0.1, 0.15) is 248 Å². The van der Waals surface area contributed by atoms with Gasteiger partial charge in [0.15, 0.2) is 0 Å². The Morgan fingerprint density at radius 2 is 0.772 bits per heavy atom. The third-order valence-corrected chi connectivity index (χ3v) is 12.5. The normalized spacial score (nSPS) is 13.4. The first-order chi connectivity index (χ1) is 27.9. The van der Waals surface area contributed by atoms with Gasteiger partial charge in [-0.15, -0.1) is 0 Å². The van der Waals surface area contributed by atoms with Crippen LogP contribution in [0.3, 0.4) is 0 Å². The summed E-state index contributed by atoms with van der Waals surface area (Å²) in [5.74, 6) is 0. The zero-order chi connectivity index (χ0) is 41.3. The fourth-order valence-electron chi connectivity index (χ4n) is 9.01. The molecule has 0 fully saturated rings. The van der Waals surface area contributed by atoms with Crippen molar-refractivity contribution in [2.75, 3.05) is 0 Å². The SMILES string of the molecule is CCCCCCCCC=CC1=C(c2cc(CCCC)c(CCCC)c(CCCC)c2)[N+](=[N-])C(c2cc(CCCC)c(CCCC)c(CCCC)c2)=C1CCCCC. The lowest BCUT2D eigenvalue weighted by Crippen LogP contribution is -2.09. The van der Waals surface area contributed by atoms with Gasteiger partial charge in [-0.05, 0) is 160 Å². The van der Waals surface area contributed by atoms with Gasteiger partial charge in [-0.3, -0.25) is 0 Å². The van der Waals surface area contributed by atoms with Gasteiger partial charge < -0.3 is 5.53 Å². The molecule has 2 nitrogen and oxygen atoms in total. The number of hydrogen-bond donors (Lipinski definition) is 0. The molecule has 0 N–H and O–H groups in total. The van der Waals surface area contributed by atoms with Gasteiger partial charge in [-0.25, -0.2) is 4.70 Å². The first kappa shape index (κ1) is 48.6. The molecule has 2 aromatic carbocycles. The topological polar surface area (TPSA) is 25.3 Å². The Hall–Kier alpha value is -2.74. The van der Waals surface area contributed by atoms with Gasteiger partial charge in [0.1, 0.15) is 0 Å². The van der Waals surface area contributed by atoms with Gasteiger partial charge in [0, 0.05) is 16.7 Å². The quantitative estimate of drug-likeness (QED) is 0.0522. The summed E-state index contributed by atoms with van der Waals surface area (Å²) < 4.78 is 1.69. The van der Waals surface area contributed by atoms with Crippen LogP contribution >= 0.6 is 0 Å². The third kappa shape index (κ3) is 15.1. The molecule has 0 saturated heterocycles. The standard InChI is InChI=1S/C55H88N2/c1-9-17-25-26-27-28-29-31-39-53-52(38-30-18-10-2)54(48-40-44(32-19-11-3)50(36-23-15-7)45(41-48)33-20-12-4)57(56)55(53)49-42-46(34-21-13-5)51(37-24-16-8)47(43-49)35-22-14-6/h31,39-43H,9-30,32-38H2,1-8H3. The van der Waals surface area contributed by atoms with Gasteiger partial charge in [-0.1, -0.05) is 151 Å². The molecule has 2 heteroatoms. The summed E-state index contributed by atoms with van der Waals surface area (Å²) in [6.45, 7) is 18.6. The summed E-state index contributed by atoms with van der Waals surface area (Å²) >= 11 is 0. The Bertz CT molecular complexity index is 1510. The van der Waals surface area contributed by atoms with E-state index >= 15 is 0 Å². The minimum absolute atomic E-state index is 0.993. The van der Waals surface area contributed by atoms with E-state index in [0.29, 0.717) is 0 Å². The number of hydrogen-bond acceptors (Lipinski definition) is 0. The van der Waals surface area contributed by atoms with Crippen molar-refractivity contribution < 1.29 is 4.70 Å². The lowest BCUT2D eigenvalue weighted by Gasteiger charge is -2.20. The highest BCUT2D eigenvalue weighted by Gasteiger charge is 2.36. The highest BCUT2D eigenvalue weighted by Crippen LogP contribution is 2.45. The number of nitrogens with zero attached hydrogens (tertiary/aromatic N) is 2. The van der Waals surface area contributed by atoms with Crippen LogP contribution in [-0.4, -0.2) is 4.70 Å². The molecule has 0 aromatic heterocycles. The Morgan fingerprint density at radius 1 is 0.404 bits per heavy atom. The smallest absolute Gasteiger partial charge is 0.215 e. The molecule has 318 valence electrons. The maximum absolute atomic E-state index is 12.9. The molecule has 57 heavy (non-hydrogen) atoms. The van der Waals surface area contributed by atoms with Gasteiger partial charge in [0.2, 0.25) is 11.4 Å². The molecule has 1 aliphatic rings. The molecule has 0 aliphatic carbocycles. The van der Waals surface area contributed by atoms with Crippen molar-refractivity contribution >= 4 is 11.4 Å². The predicted octanol–water partition coefficient (Wildman–Crippen LogP) is 17.8. The van der Waals surface area contributed by atoms with Crippen LogP contribution < -0.4 is 0 Å². The molecular weight excluding hydrogens is 689 g/mol. The Balaban J connectivity index is 2.36. The number of rotatable bonds is 32. The second kappa shape index (κ2) is 28.6. The van der Waals surface area contributed by atoms with Crippen molar-refractivity contribution in [3.8, 4) is 0 Å². The average molecular weight is 777 g/mol. The number of benzene rings is 2. The number of unbranched alkanes of at least 4 members (excludes halogenated alkanes) is 14. The monoisotopic (exact) mass is 777 g/mol. The Morgan fingerprint density at radius 3 is 1.21 bits per heavy atom. The first-order valence-electron chi connectivity index (χ1n) is 24.9. The zero-order valence-electron chi connectivity index (χ0n) is 38.9. The summed E-state index contributed by atoms with van der Waals surface area (Å²) in [7, 11) is 0. The molecule has 0 spiro atoms. The largest absolute Gasteiger partial charge is 0.493 e. The fraction of sp³-hybridized carbons (Fsp3) is 0.673. The van der Waals surface area contributed by atoms with E-state index < -0.39 is 0 Å². The lowest BCUT2D eigenvalue weighted by molar-refractivity contribution is -0.345. The van der Waals surface area contributed by atoms with Crippen molar-refractivity contribution in [3.63, 3.8) is 0 Å². The molecular formula is C55H88N2. The van der Waals surface area contributed by atoms with Crippen molar-refractivity contribution in [1.29, 1.82) is 0 Å². The van der Waals surface area contributed by atoms with E-state index in [4.69, 9.17) is 0 Å². The first-order valence-corrected chi connectivity index (χ1v) is 24.9. The molecule has 1 aliphatic heterocycles. The molecule has 0 unspecified atom stereocenters. The molecule has 3 rings (SSSR count). The molecule has 0 atom stereocenters. The lowest BCUT2D eigenvalue weighted by atomic mass is 9.86. The van der Waals surface area contributed by atoms with E-state index in [1.165, 1.54) is 186 Å². The second-order valence-electron chi connectivity index (χ2n) is 17.5. The summed E-state index contributed by atoms with van der Waals surface area (Å²) in [5.41, 5.74) is 29.4. The zero-order valence-corrected chi connectivity index (χ0v) is 38.9. The summed E-state index contributed by atoms with van der Waals surface area (Å²) in [6, 6.07) is 10.1. The van der Waals surface area contributed by atoms with Gasteiger partial charge in [-0.2, -0.15) is 0 Å². The average Bonchev–Trinajstić information content (AvgIpc) is 3.49. The molecule has 2 aromatic rings. The van der Waals surface area contributed by atoms with E-state index in [-0.39, 0.29) is 0 Å². The van der Waals surface area contributed by atoms with E-state index in [0.717, 1.165) is 56.3 Å². The minimum atomic E-state index is 0.993. The minimum Gasteiger partial charge on any atom is -0.493 e. The Labute approximate surface area is 354 Å². The van der Waals surface area contributed by atoms with Crippen LogP contribution in [0.5, 0.6) is 0 Å². The highest BCUT2D eigenvalue weighted by molar-refractivity contribution is 5.85. The molecule has 0 bridgehead atoms. The summed E-state index contributed by atoms with van der Waals surface area (Å²) in [6.07, 6.45) is 39.8. The van der Waals surface area contributed by atoms with E-state index in [2.05, 4.69) is 91.8 Å². The van der Waals surface area contributed by atoms with Crippen molar-refractivity contribution in [1.82, 2.24) is 0 Å². The summed E-state index contributed by atoms with van der Waals surface area (Å²) in [5, 5.41) is 0. The maximum Gasteiger partial charge on any atom is 0.215 e. The Kier molecular flexibility index (Phi) is 24.4. The summed E-state index contributed by atoms with van der Waals surface area (Å²) in [4.78, 5) is 0. The van der Waals surface area contributed by atoms with Crippen LogP contribution in [0.15, 0.2) is 47.6 Å². The van der Waals surface area contributed by atoms with Crippen LogP contribution in [0.2, 0.25) is 0 Å². The van der Waals surface area contributed by atoms with Crippen LogP contribution in [0.4, 0.5) is 0 Å². The molecule has 0 saturated carbocycles. The van der Waals surface area contributed by atoms with Crippen LogP contribution in [0.25, 0.3) is 16.9 Å². The van der Waals surface area contributed by atoms with E-state index in [1.807, 2.05) is 0 Å². The molecule has 0 amide bonds. The number of allylic oxidation sites excluding steroid dienone is 4. The molecule has 1 heterocycles. The fourth-order valence-corrected chi connectivity index (χ4v) is 9.01. The molecule has 0 radical (unpaired) electrons. The van der Waals surface area contributed by atoms with Gasteiger partial charge in [0.05, 0.1) is 5.57 Å². The maximum atomic E-state index is 12.9. The highest BCUT2D eigenvalue weighted by atomic mass is 15.2. The van der Waals surface area contributed by atoms with Crippen LogP contribution in [-0.2, 0) is 38.5 Å². The second-order valence-corrected chi connectivity index (χ2v) is 17.5. The van der Waals surface area contributed by atoms with Crippen LogP contribution in [0, 0.1) is 0 Å². The third-order valence-electron chi connectivity index (χ3n) is 12.5. The van der Waals surface area contributed by atoms with Crippen molar-refractivity contribution in [2.45, 2.75) is 242 Å². The van der Waals surface area contributed by atoms with E-state index in [9.17, 15) is 5.53 Å². The van der Waals surface area contributed by atoms with Gasteiger partial charge in [0.25, 0.3) is 0 Å². The van der Waals surface area contributed by atoms with Crippen molar-refractivity contribution in [3.05, 3.63) is 97.6 Å². The van der Waals surface area contributed by atoms with Crippen molar-refractivity contribution in [2.24, 2.45) is 0 Å². The van der Waals surface area contributed by atoms with Gasteiger partial charge >= 0.3 is 0 Å². The van der Waals surface area contributed by atoms with E-state index in [1.54, 1.807) is 15.8 Å². The predicted molar refractivity (Wildman–Crippen MR) is 253 cm³/mol. The number of aryl methyl sites for hydroxylation is 4.